The molecule has 4 aromatic rings. The standard InChI is InChI=1S/C20H19F2N9O/c21-12-7-26-19-16(18(23)28-31(19)10-12)20(32)27-15-9-25-8-14(22)17(15)29-4-1-13(2-5-29)30-6-3-24-11-30/h3,6-11,13H,1-2,4-5H2,(H2,23,28)(H,27,32). The van der Waals surface area contributed by atoms with Gasteiger partial charge in [0.2, 0.25) is 0 Å². The van der Waals surface area contributed by atoms with Crippen molar-refractivity contribution >= 4 is 28.7 Å². The first-order valence-electron chi connectivity index (χ1n) is 9.98. The van der Waals surface area contributed by atoms with Crippen molar-refractivity contribution in [2.24, 2.45) is 0 Å². The van der Waals surface area contributed by atoms with Gasteiger partial charge in [0.1, 0.15) is 11.3 Å². The lowest BCUT2D eigenvalue weighted by Crippen LogP contribution is -2.35. The van der Waals surface area contributed by atoms with Crippen molar-refractivity contribution in [3.05, 3.63) is 60.7 Å². The van der Waals surface area contributed by atoms with Crippen molar-refractivity contribution in [3.8, 4) is 0 Å². The molecule has 1 aliphatic rings. The number of hydrogen-bond acceptors (Lipinski definition) is 7. The summed E-state index contributed by atoms with van der Waals surface area (Å²) in [5.41, 5.74) is 6.39. The smallest absolute Gasteiger partial charge is 0.263 e. The number of nitrogens with zero attached hydrogens (tertiary/aromatic N) is 7. The van der Waals surface area contributed by atoms with Gasteiger partial charge in [0, 0.05) is 31.5 Å². The fourth-order valence-electron chi connectivity index (χ4n) is 4.05. The van der Waals surface area contributed by atoms with E-state index in [2.05, 4.69) is 25.4 Å². The number of nitrogens with two attached hydrogens (primary N) is 1. The number of nitrogen functional groups attached to an aromatic ring is 1. The maximum atomic E-state index is 14.8. The summed E-state index contributed by atoms with van der Waals surface area (Å²) in [6, 6.07) is 0.279. The highest BCUT2D eigenvalue weighted by Gasteiger charge is 2.26. The van der Waals surface area contributed by atoms with E-state index in [1.54, 1.807) is 12.5 Å². The summed E-state index contributed by atoms with van der Waals surface area (Å²) in [4.78, 5) is 26.7. The molecular formula is C20H19F2N9O. The van der Waals surface area contributed by atoms with Gasteiger partial charge in [-0.25, -0.2) is 23.3 Å². The van der Waals surface area contributed by atoms with Gasteiger partial charge in [0.05, 0.1) is 36.8 Å². The normalized spacial score (nSPS) is 14.8. The number of carbonyl (C=O) groups excluding carboxylic acids is 1. The van der Waals surface area contributed by atoms with Crippen LogP contribution in [0.3, 0.4) is 0 Å². The van der Waals surface area contributed by atoms with Crippen LogP contribution in [0, 0.1) is 11.6 Å². The molecule has 1 saturated heterocycles. The summed E-state index contributed by atoms with van der Waals surface area (Å²) in [6.45, 7) is 1.18. The van der Waals surface area contributed by atoms with Crippen LogP contribution in [0.4, 0.5) is 26.0 Å². The van der Waals surface area contributed by atoms with E-state index in [0.717, 1.165) is 35.9 Å². The average molecular weight is 439 g/mol. The van der Waals surface area contributed by atoms with Gasteiger partial charge in [-0.15, -0.1) is 5.10 Å². The average Bonchev–Trinajstić information content (AvgIpc) is 3.41. The van der Waals surface area contributed by atoms with E-state index in [0.29, 0.717) is 13.1 Å². The number of nitrogens with one attached hydrogen (secondary N) is 1. The summed E-state index contributed by atoms with van der Waals surface area (Å²) < 4.78 is 31.4. The van der Waals surface area contributed by atoms with Crippen LogP contribution in [0.2, 0.25) is 0 Å². The number of anilines is 3. The van der Waals surface area contributed by atoms with E-state index in [1.807, 2.05) is 15.7 Å². The molecule has 0 radical (unpaired) electrons. The first kappa shape index (κ1) is 19.8. The van der Waals surface area contributed by atoms with E-state index < -0.39 is 17.5 Å². The Morgan fingerprint density at radius 3 is 2.72 bits per heavy atom. The Balaban J connectivity index is 1.41. The summed E-state index contributed by atoms with van der Waals surface area (Å²) in [7, 11) is 0. The predicted molar refractivity (Wildman–Crippen MR) is 112 cm³/mol. The quantitative estimate of drug-likeness (QED) is 0.501. The minimum absolute atomic E-state index is 0.0287. The van der Waals surface area contributed by atoms with Gasteiger partial charge in [-0.1, -0.05) is 0 Å². The van der Waals surface area contributed by atoms with Gasteiger partial charge in [0.25, 0.3) is 5.91 Å². The van der Waals surface area contributed by atoms with Crippen LogP contribution in [0.15, 0.2) is 43.5 Å². The van der Waals surface area contributed by atoms with Gasteiger partial charge in [0.15, 0.2) is 23.1 Å². The highest BCUT2D eigenvalue weighted by Crippen LogP contribution is 2.33. The van der Waals surface area contributed by atoms with Crippen LogP contribution in [-0.4, -0.2) is 48.1 Å². The second kappa shape index (κ2) is 7.87. The molecule has 5 heterocycles. The summed E-state index contributed by atoms with van der Waals surface area (Å²) in [5, 5.41) is 6.59. The lowest BCUT2D eigenvalue weighted by molar-refractivity contribution is 0.102. The number of fused-ring (bicyclic) bond motifs is 1. The third kappa shape index (κ3) is 3.49. The third-order valence-electron chi connectivity index (χ3n) is 5.54. The molecule has 0 spiro atoms. The van der Waals surface area contributed by atoms with Gasteiger partial charge >= 0.3 is 0 Å². The minimum Gasteiger partial charge on any atom is -0.381 e. The van der Waals surface area contributed by atoms with Crippen molar-refractivity contribution in [2.45, 2.75) is 18.9 Å². The van der Waals surface area contributed by atoms with E-state index in [9.17, 15) is 13.6 Å². The lowest BCUT2D eigenvalue weighted by Gasteiger charge is -2.35. The van der Waals surface area contributed by atoms with Crippen LogP contribution in [0.25, 0.3) is 5.65 Å². The molecule has 12 heteroatoms. The maximum Gasteiger partial charge on any atom is 0.263 e. The van der Waals surface area contributed by atoms with Crippen molar-refractivity contribution < 1.29 is 13.6 Å². The number of carbonyl (C=O) groups is 1. The Morgan fingerprint density at radius 1 is 1.16 bits per heavy atom. The van der Waals surface area contributed by atoms with E-state index in [4.69, 9.17) is 5.73 Å². The zero-order valence-corrected chi connectivity index (χ0v) is 16.8. The molecule has 1 aliphatic heterocycles. The lowest BCUT2D eigenvalue weighted by atomic mass is 10.0. The van der Waals surface area contributed by atoms with Crippen molar-refractivity contribution in [1.82, 2.24) is 29.1 Å². The van der Waals surface area contributed by atoms with E-state index >= 15 is 0 Å². The molecule has 1 fully saturated rings. The minimum atomic E-state index is -0.640. The monoisotopic (exact) mass is 439 g/mol. The van der Waals surface area contributed by atoms with E-state index in [1.165, 1.54) is 6.20 Å². The van der Waals surface area contributed by atoms with Gasteiger partial charge < -0.3 is 20.5 Å². The molecule has 4 aromatic heterocycles. The molecule has 0 bridgehead atoms. The largest absolute Gasteiger partial charge is 0.381 e. The molecule has 0 saturated carbocycles. The van der Waals surface area contributed by atoms with Crippen molar-refractivity contribution in [2.75, 3.05) is 29.0 Å². The topological polar surface area (TPSA) is 119 Å². The Hall–Kier alpha value is -4.09. The summed E-state index contributed by atoms with van der Waals surface area (Å²) in [6.07, 6.45) is 11.5. The summed E-state index contributed by atoms with van der Waals surface area (Å²) >= 11 is 0. The molecule has 5 rings (SSSR count). The van der Waals surface area contributed by atoms with E-state index in [-0.39, 0.29) is 34.4 Å². The van der Waals surface area contributed by atoms with Crippen molar-refractivity contribution in [3.63, 3.8) is 0 Å². The number of amides is 1. The molecule has 0 atom stereocenters. The molecule has 164 valence electrons. The third-order valence-corrected chi connectivity index (χ3v) is 5.54. The number of pyridine rings is 1. The second-order valence-electron chi connectivity index (χ2n) is 7.50. The molecular weight excluding hydrogens is 420 g/mol. The zero-order valence-electron chi connectivity index (χ0n) is 16.8. The Morgan fingerprint density at radius 2 is 1.97 bits per heavy atom. The number of aromatic nitrogens is 6. The molecule has 0 aliphatic carbocycles. The molecule has 1 amide bonds. The molecule has 0 aromatic carbocycles. The second-order valence-corrected chi connectivity index (χ2v) is 7.50. The number of rotatable bonds is 4. The number of piperidine rings is 1. The molecule has 3 N–H and O–H groups in total. The first-order chi connectivity index (χ1) is 15.5. The van der Waals surface area contributed by atoms with Crippen LogP contribution >= 0.6 is 0 Å². The molecule has 0 unspecified atom stereocenters. The van der Waals surface area contributed by atoms with Crippen LogP contribution in [-0.2, 0) is 0 Å². The highest BCUT2D eigenvalue weighted by atomic mass is 19.1. The van der Waals surface area contributed by atoms with Crippen LogP contribution in [0.5, 0.6) is 0 Å². The zero-order chi connectivity index (χ0) is 22.2. The van der Waals surface area contributed by atoms with Crippen molar-refractivity contribution in [1.29, 1.82) is 0 Å². The van der Waals surface area contributed by atoms with Gasteiger partial charge in [-0.05, 0) is 12.8 Å². The fraction of sp³-hybridized carbons (Fsp3) is 0.250. The van der Waals surface area contributed by atoms with Gasteiger partial charge in [-0.3, -0.25) is 9.78 Å². The Labute approximate surface area is 180 Å². The number of halogens is 2. The van der Waals surface area contributed by atoms with Gasteiger partial charge in [-0.2, -0.15) is 0 Å². The fourth-order valence-corrected chi connectivity index (χ4v) is 4.05. The number of hydrogen-bond donors (Lipinski definition) is 2. The van der Waals surface area contributed by atoms with Crippen LogP contribution in [0.1, 0.15) is 29.2 Å². The number of imidazole rings is 1. The SMILES string of the molecule is Nc1nn2cc(F)cnc2c1C(=O)Nc1cncc(F)c1N1CCC(n2ccnc2)CC1. The maximum absolute atomic E-state index is 14.8. The Kier molecular flexibility index (Phi) is 4.88. The molecule has 10 nitrogen and oxygen atoms in total. The molecule has 32 heavy (non-hydrogen) atoms. The Bertz CT molecular complexity index is 1280. The van der Waals surface area contributed by atoms with Crippen LogP contribution < -0.4 is 16.0 Å². The summed E-state index contributed by atoms with van der Waals surface area (Å²) in [5.74, 6) is -1.93. The highest BCUT2D eigenvalue weighted by molar-refractivity contribution is 6.12. The predicted octanol–water partition coefficient (Wildman–Crippen LogP) is 2.28. The first-order valence-corrected chi connectivity index (χ1v) is 9.98.